The summed E-state index contributed by atoms with van der Waals surface area (Å²) < 4.78 is 5.21. The Morgan fingerprint density at radius 1 is 0.920 bits per heavy atom. The molecule has 3 nitrogen and oxygen atoms in total. The van der Waals surface area contributed by atoms with Crippen LogP contribution in [0.25, 0.3) is 11.1 Å². The lowest BCUT2D eigenvalue weighted by Crippen LogP contribution is -2.23. The summed E-state index contributed by atoms with van der Waals surface area (Å²) in [5.74, 6) is 0.762. The summed E-state index contributed by atoms with van der Waals surface area (Å²) in [7, 11) is 1.66. The molecule has 1 N–H and O–H groups in total. The van der Waals surface area contributed by atoms with E-state index < -0.39 is 0 Å². The van der Waals surface area contributed by atoms with Gasteiger partial charge in [0.2, 0.25) is 0 Å². The normalized spacial score (nSPS) is 10.3. The van der Waals surface area contributed by atoms with E-state index in [2.05, 4.69) is 11.4 Å². The number of methoxy groups -OCH3 is 1. The van der Waals surface area contributed by atoms with Crippen molar-refractivity contribution in [3.05, 3.63) is 89.5 Å². The molecule has 126 valence electrons. The molecular weight excluding hydrogens is 310 g/mol. The largest absolute Gasteiger partial charge is 0.497 e. The Morgan fingerprint density at radius 2 is 1.60 bits per heavy atom. The Morgan fingerprint density at radius 3 is 2.28 bits per heavy atom. The summed E-state index contributed by atoms with van der Waals surface area (Å²) in [5.41, 5.74) is 5.09. The Labute approximate surface area is 148 Å². The highest BCUT2D eigenvalue weighted by molar-refractivity contribution is 5.94. The van der Waals surface area contributed by atoms with Gasteiger partial charge in [-0.15, -0.1) is 0 Å². The van der Waals surface area contributed by atoms with E-state index >= 15 is 0 Å². The van der Waals surface area contributed by atoms with Crippen LogP contribution in [-0.2, 0) is 6.54 Å². The van der Waals surface area contributed by atoms with Crippen molar-refractivity contribution in [2.75, 3.05) is 7.11 Å². The lowest BCUT2D eigenvalue weighted by Gasteiger charge is -2.12. The van der Waals surface area contributed by atoms with E-state index in [1.54, 1.807) is 7.11 Å². The van der Waals surface area contributed by atoms with Gasteiger partial charge in [0.05, 0.1) is 7.11 Å². The first-order valence-corrected chi connectivity index (χ1v) is 8.24. The zero-order chi connectivity index (χ0) is 17.6. The Bertz CT molecular complexity index is 852. The smallest absolute Gasteiger partial charge is 0.251 e. The van der Waals surface area contributed by atoms with Crippen LogP contribution in [0.15, 0.2) is 72.8 Å². The average Bonchev–Trinajstić information content (AvgIpc) is 2.67. The van der Waals surface area contributed by atoms with E-state index in [4.69, 9.17) is 4.74 Å². The Kier molecular flexibility index (Phi) is 5.14. The standard InChI is InChI=1S/C22H21NO2/c1-16-7-9-18(10-8-16)22(24)23-15-19-5-3-4-6-21(19)17-11-13-20(25-2)14-12-17/h3-14H,15H2,1-2H3,(H,23,24). The number of hydrogen-bond acceptors (Lipinski definition) is 2. The summed E-state index contributed by atoms with van der Waals surface area (Å²) in [6, 6.07) is 23.6. The van der Waals surface area contributed by atoms with Crippen LogP contribution in [0.2, 0.25) is 0 Å². The summed E-state index contributed by atoms with van der Waals surface area (Å²) in [6.45, 7) is 2.49. The van der Waals surface area contributed by atoms with Gasteiger partial charge < -0.3 is 10.1 Å². The second kappa shape index (κ2) is 7.67. The molecule has 0 spiro atoms. The molecule has 0 aliphatic carbocycles. The SMILES string of the molecule is COc1ccc(-c2ccccc2CNC(=O)c2ccc(C)cc2)cc1. The fourth-order valence-corrected chi connectivity index (χ4v) is 2.71. The van der Waals surface area contributed by atoms with Gasteiger partial charge in [-0.1, -0.05) is 54.1 Å². The zero-order valence-electron chi connectivity index (χ0n) is 14.5. The van der Waals surface area contributed by atoms with Gasteiger partial charge in [0.15, 0.2) is 0 Å². The first-order chi connectivity index (χ1) is 12.2. The van der Waals surface area contributed by atoms with Gasteiger partial charge in [0.25, 0.3) is 5.91 Å². The van der Waals surface area contributed by atoms with Crippen molar-refractivity contribution < 1.29 is 9.53 Å². The molecule has 0 unspecified atom stereocenters. The van der Waals surface area contributed by atoms with Crippen molar-refractivity contribution in [2.45, 2.75) is 13.5 Å². The molecule has 0 fully saturated rings. The van der Waals surface area contributed by atoms with Crippen molar-refractivity contribution >= 4 is 5.91 Å². The Hall–Kier alpha value is -3.07. The molecule has 0 atom stereocenters. The number of rotatable bonds is 5. The fraction of sp³-hybridized carbons (Fsp3) is 0.136. The highest BCUT2D eigenvalue weighted by Crippen LogP contribution is 2.25. The van der Waals surface area contributed by atoms with Crippen LogP contribution in [0, 0.1) is 6.92 Å². The topological polar surface area (TPSA) is 38.3 Å². The van der Waals surface area contributed by atoms with Crippen LogP contribution in [0.3, 0.4) is 0 Å². The number of amides is 1. The van der Waals surface area contributed by atoms with Crippen LogP contribution in [0.1, 0.15) is 21.5 Å². The quantitative estimate of drug-likeness (QED) is 0.742. The lowest BCUT2D eigenvalue weighted by atomic mass is 9.99. The molecule has 0 radical (unpaired) electrons. The summed E-state index contributed by atoms with van der Waals surface area (Å²) in [5, 5.41) is 3.00. The first-order valence-electron chi connectivity index (χ1n) is 8.24. The van der Waals surface area contributed by atoms with Gasteiger partial charge in [-0.3, -0.25) is 4.79 Å². The molecule has 0 aliphatic rings. The van der Waals surface area contributed by atoms with Crippen LogP contribution < -0.4 is 10.1 Å². The minimum absolute atomic E-state index is 0.0652. The van der Waals surface area contributed by atoms with Crippen molar-refractivity contribution in [3.63, 3.8) is 0 Å². The third-order valence-electron chi connectivity index (χ3n) is 4.17. The van der Waals surface area contributed by atoms with Gasteiger partial charge in [0, 0.05) is 12.1 Å². The summed E-state index contributed by atoms with van der Waals surface area (Å²) in [6.07, 6.45) is 0. The third kappa shape index (κ3) is 4.07. The molecule has 3 heteroatoms. The molecule has 0 saturated heterocycles. The molecule has 3 rings (SSSR count). The van der Waals surface area contributed by atoms with E-state index in [1.807, 2.05) is 73.7 Å². The lowest BCUT2D eigenvalue weighted by molar-refractivity contribution is 0.0951. The number of carbonyl (C=O) groups excluding carboxylic acids is 1. The van der Waals surface area contributed by atoms with E-state index in [9.17, 15) is 4.79 Å². The highest BCUT2D eigenvalue weighted by Gasteiger charge is 2.08. The second-order valence-corrected chi connectivity index (χ2v) is 5.93. The third-order valence-corrected chi connectivity index (χ3v) is 4.17. The van der Waals surface area contributed by atoms with E-state index in [1.165, 1.54) is 0 Å². The second-order valence-electron chi connectivity index (χ2n) is 5.93. The number of aryl methyl sites for hydroxylation is 1. The van der Waals surface area contributed by atoms with Gasteiger partial charge in [-0.2, -0.15) is 0 Å². The number of hydrogen-bond donors (Lipinski definition) is 1. The number of carbonyl (C=O) groups is 1. The maximum atomic E-state index is 12.3. The van der Waals surface area contributed by atoms with Crippen LogP contribution in [-0.4, -0.2) is 13.0 Å². The number of nitrogens with one attached hydrogen (secondary N) is 1. The molecule has 0 saturated carbocycles. The maximum Gasteiger partial charge on any atom is 0.251 e. The predicted octanol–water partition coefficient (Wildman–Crippen LogP) is 4.60. The van der Waals surface area contributed by atoms with Gasteiger partial charge >= 0.3 is 0 Å². The van der Waals surface area contributed by atoms with Crippen molar-refractivity contribution in [1.82, 2.24) is 5.32 Å². The van der Waals surface area contributed by atoms with Crippen molar-refractivity contribution in [2.24, 2.45) is 0 Å². The monoisotopic (exact) mass is 331 g/mol. The van der Waals surface area contributed by atoms with Crippen LogP contribution >= 0.6 is 0 Å². The van der Waals surface area contributed by atoms with E-state index in [-0.39, 0.29) is 5.91 Å². The van der Waals surface area contributed by atoms with E-state index in [0.29, 0.717) is 12.1 Å². The molecule has 3 aromatic carbocycles. The maximum absolute atomic E-state index is 12.3. The minimum atomic E-state index is -0.0652. The summed E-state index contributed by atoms with van der Waals surface area (Å²) >= 11 is 0. The minimum Gasteiger partial charge on any atom is -0.497 e. The Balaban J connectivity index is 1.76. The number of ether oxygens (including phenoxy) is 1. The molecule has 25 heavy (non-hydrogen) atoms. The molecule has 0 aliphatic heterocycles. The molecule has 3 aromatic rings. The molecule has 0 aromatic heterocycles. The fourth-order valence-electron chi connectivity index (χ4n) is 2.71. The predicted molar refractivity (Wildman–Crippen MR) is 101 cm³/mol. The van der Waals surface area contributed by atoms with Gasteiger partial charge in [0.1, 0.15) is 5.75 Å². The average molecular weight is 331 g/mol. The molecule has 1 amide bonds. The molecule has 0 bridgehead atoms. The molecule has 0 heterocycles. The number of benzene rings is 3. The zero-order valence-corrected chi connectivity index (χ0v) is 14.5. The van der Waals surface area contributed by atoms with E-state index in [0.717, 1.165) is 28.0 Å². The highest BCUT2D eigenvalue weighted by atomic mass is 16.5. The molecular formula is C22H21NO2. The van der Waals surface area contributed by atoms with Crippen LogP contribution in [0.4, 0.5) is 0 Å². The first kappa shape index (κ1) is 16.8. The van der Waals surface area contributed by atoms with Crippen LogP contribution in [0.5, 0.6) is 5.75 Å². The summed E-state index contributed by atoms with van der Waals surface area (Å²) in [4.78, 5) is 12.3. The van der Waals surface area contributed by atoms with Crippen molar-refractivity contribution in [3.8, 4) is 16.9 Å². The van der Waals surface area contributed by atoms with Crippen molar-refractivity contribution in [1.29, 1.82) is 0 Å². The van der Waals surface area contributed by atoms with Gasteiger partial charge in [-0.05, 0) is 47.9 Å². The van der Waals surface area contributed by atoms with Gasteiger partial charge in [-0.25, -0.2) is 0 Å².